The van der Waals surface area contributed by atoms with Gasteiger partial charge < -0.3 is 5.11 Å². The molecular weight excluding hydrogens is 131 g/mol. The molecule has 0 aliphatic rings. The van der Waals surface area contributed by atoms with E-state index in [2.05, 4.69) is 6.92 Å². The summed E-state index contributed by atoms with van der Waals surface area (Å²) in [6.45, 7) is 3.58. The molecule has 0 aliphatic carbocycles. The topological polar surface area (TPSA) is 20.2 Å². The minimum Gasteiger partial charge on any atom is -0.390 e. The van der Waals surface area contributed by atoms with E-state index in [-0.39, 0.29) is 0 Å². The number of alkyl halides is 1. The molecule has 0 aromatic heterocycles. The molecule has 0 aliphatic heterocycles. The highest BCUT2D eigenvalue weighted by Gasteiger charge is 2.11. The van der Waals surface area contributed by atoms with Gasteiger partial charge in [-0.25, -0.2) is 4.39 Å². The zero-order valence-electron chi connectivity index (χ0n) is 6.81. The molecule has 1 N–H and O–H groups in total. The van der Waals surface area contributed by atoms with Gasteiger partial charge in [0, 0.05) is 0 Å². The molecule has 0 amide bonds. The SMILES string of the molecule is CCCCCC(F)C(C)O. The minimum absolute atomic E-state index is 0.505. The van der Waals surface area contributed by atoms with Crippen molar-refractivity contribution in [3.05, 3.63) is 0 Å². The summed E-state index contributed by atoms with van der Waals surface area (Å²) in [6, 6.07) is 0. The van der Waals surface area contributed by atoms with Gasteiger partial charge in [-0.2, -0.15) is 0 Å². The third-order valence-corrected chi connectivity index (χ3v) is 1.61. The molecule has 1 nitrogen and oxygen atoms in total. The van der Waals surface area contributed by atoms with Crippen LogP contribution in [0.2, 0.25) is 0 Å². The molecule has 0 bridgehead atoms. The van der Waals surface area contributed by atoms with Crippen LogP contribution < -0.4 is 0 Å². The van der Waals surface area contributed by atoms with Gasteiger partial charge in [0.05, 0.1) is 6.10 Å². The molecule has 0 saturated heterocycles. The summed E-state index contributed by atoms with van der Waals surface area (Å²) in [5.41, 5.74) is 0. The molecule has 2 atom stereocenters. The van der Waals surface area contributed by atoms with Crippen LogP contribution in [-0.4, -0.2) is 17.4 Å². The third kappa shape index (κ3) is 4.74. The van der Waals surface area contributed by atoms with Gasteiger partial charge in [-0.15, -0.1) is 0 Å². The van der Waals surface area contributed by atoms with Gasteiger partial charge in [-0.05, 0) is 13.3 Å². The summed E-state index contributed by atoms with van der Waals surface area (Å²) in [5.74, 6) is 0. The number of rotatable bonds is 5. The first-order valence-electron chi connectivity index (χ1n) is 4.00. The van der Waals surface area contributed by atoms with Gasteiger partial charge in [0.25, 0.3) is 0 Å². The van der Waals surface area contributed by atoms with Crippen LogP contribution in [-0.2, 0) is 0 Å². The Hall–Kier alpha value is -0.110. The van der Waals surface area contributed by atoms with E-state index < -0.39 is 12.3 Å². The maximum absolute atomic E-state index is 12.6. The van der Waals surface area contributed by atoms with Crippen LogP contribution >= 0.6 is 0 Å². The number of hydrogen-bond donors (Lipinski definition) is 1. The van der Waals surface area contributed by atoms with E-state index in [0.29, 0.717) is 6.42 Å². The Morgan fingerprint density at radius 3 is 2.40 bits per heavy atom. The molecule has 0 aromatic carbocycles. The second-order valence-corrected chi connectivity index (χ2v) is 2.75. The van der Waals surface area contributed by atoms with Gasteiger partial charge in [0.1, 0.15) is 6.17 Å². The van der Waals surface area contributed by atoms with Crippen molar-refractivity contribution in [3.63, 3.8) is 0 Å². The van der Waals surface area contributed by atoms with E-state index in [0.717, 1.165) is 19.3 Å². The highest BCUT2D eigenvalue weighted by atomic mass is 19.1. The van der Waals surface area contributed by atoms with E-state index >= 15 is 0 Å². The van der Waals surface area contributed by atoms with Crippen molar-refractivity contribution in [2.24, 2.45) is 0 Å². The maximum Gasteiger partial charge on any atom is 0.126 e. The molecule has 0 saturated carbocycles. The Morgan fingerprint density at radius 2 is 2.00 bits per heavy atom. The predicted octanol–water partition coefficient (Wildman–Crippen LogP) is 2.29. The van der Waals surface area contributed by atoms with Crippen molar-refractivity contribution in [1.82, 2.24) is 0 Å². The first-order valence-corrected chi connectivity index (χ1v) is 4.00. The average molecular weight is 148 g/mol. The maximum atomic E-state index is 12.6. The molecule has 0 fully saturated rings. The number of unbranched alkanes of at least 4 members (excludes halogenated alkanes) is 2. The Balaban J connectivity index is 3.13. The van der Waals surface area contributed by atoms with Gasteiger partial charge in [0.2, 0.25) is 0 Å². The van der Waals surface area contributed by atoms with Crippen LogP contribution in [0.25, 0.3) is 0 Å². The van der Waals surface area contributed by atoms with E-state index in [1.165, 1.54) is 6.92 Å². The number of halogens is 1. The molecule has 2 heteroatoms. The lowest BCUT2D eigenvalue weighted by Gasteiger charge is -2.09. The summed E-state index contributed by atoms with van der Waals surface area (Å²) in [4.78, 5) is 0. The largest absolute Gasteiger partial charge is 0.390 e. The summed E-state index contributed by atoms with van der Waals surface area (Å²) in [7, 11) is 0. The first-order chi connectivity index (χ1) is 4.68. The molecule has 2 unspecified atom stereocenters. The molecule has 0 spiro atoms. The predicted molar refractivity (Wildman–Crippen MR) is 40.7 cm³/mol. The van der Waals surface area contributed by atoms with Crippen molar-refractivity contribution in [2.75, 3.05) is 0 Å². The fourth-order valence-corrected chi connectivity index (χ4v) is 0.831. The lowest BCUT2D eigenvalue weighted by Crippen LogP contribution is -2.17. The Bertz CT molecular complexity index is 73.7. The highest BCUT2D eigenvalue weighted by Crippen LogP contribution is 2.09. The summed E-state index contributed by atoms with van der Waals surface area (Å²) >= 11 is 0. The van der Waals surface area contributed by atoms with Crippen molar-refractivity contribution < 1.29 is 9.50 Å². The molecule has 0 heterocycles. The van der Waals surface area contributed by atoms with Crippen molar-refractivity contribution in [3.8, 4) is 0 Å². The number of aliphatic hydroxyl groups excluding tert-OH is 1. The standard InChI is InChI=1S/C8H17FO/c1-3-4-5-6-8(9)7(2)10/h7-8,10H,3-6H2,1-2H3. The highest BCUT2D eigenvalue weighted by molar-refractivity contribution is 4.61. The Morgan fingerprint density at radius 1 is 1.40 bits per heavy atom. The van der Waals surface area contributed by atoms with E-state index in [1.807, 2.05) is 0 Å². The Labute approximate surface area is 62.3 Å². The first kappa shape index (κ1) is 9.89. The minimum atomic E-state index is -1.02. The monoisotopic (exact) mass is 148 g/mol. The molecule has 0 radical (unpaired) electrons. The Kier molecular flexibility index (Phi) is 5.60. The van der Waals surface area contributed by atoms with E-state index in [4.69, 9.17) is 5.11 Å². The van der Waals surface area contributed by atoms with E-state index in [9.17, 15) is 4.39 Å². The van der Waals surface area contributed by atoms with Crippen LogP contribution in [0.15, 0.2) is 0 Å². The lowest BCUT2D eigenvalue weighted by atomic mass is 10.1. The molecule has 0 aromatic rings. The van der Waals surface area contributed by atoms with Crippen LogP contribution in [0.3, 0.4) is 0 Å². The van der Waals surface area contributed by atoms with E-state index in [1.54, 1.807) is 0 Å². The van der Waals surface area contributed by atoms with Crippen molar-refractivity contribution in [2.45, 2.75) is 51.8 Å². The van der Waals surface area contributed by atoms with Gasteiger partial charge >= 0.3 is 0 Å². The van der Waals surface area contributed by atoms with Crippen LogP contribution in [0, 0.1) is 0 Å². The smallest absolute Gasteiger partial charge is 0.126 e. The fraction of sp³-hybridized carbons (Fsp3) is 1.00. The van der Waals surface area contributed by atoms with Gasteiger partial charge in [-0.3, -0.25) is 0 Å². The van der Waals surface area contributed by atoms with Gasteiger partial charge in [-0.1, -0.05) is 26.2 Å². The molecule has 0 rings (SSSR count). The number of aliphatic hydroxyl groups is 1. The lowest BCUT2D eigenvalue weighted by molar-refractivity contribution is 0.0860. The quantitative estimate of drug-likeness (QED) is 0.593. The van der Waals surface area contributed by atoms with Crippen LogP contribution in [0.5, 0.6) is 0 Å². The van der Waals surface area contributed by atoms with Crippen molar-refractivity contribution >= 4 is 0 Å². The average Bonchev–Trinajstić information content (AvgIpc) is 1.88. The van der Waals surface area contributed by atoms with Gasteiger partial charge in [0.15, 0.2) is 0 Å². The summed E-state index contributed by atoms with van der Waals surface area (Å²) in [6.07, 6.45) is 1.75. The molecular formula is C8H17FO. The summed E-state index contributed by atoms with van der Waals surface area (Å²) < 4.78 is 12.6. The second kappa shape index (κ2) is 5.66. The van der Waals surface area contributed by atoms with Crippen molar-refractivity contribution in [1.29, 1.82) is 0 Å². The zero-order valence-corrected chi connectivity index (χ0v) is 6.81. The molecule has 10 heavy (non-hydrogen) atoms. The third-order valence-electron chi connectivity index (χ3n) is 1.61. The second-order valence-electron chi connectivity index (χ2n) is 2.75. The summed E-state index contributed by atoms with van der Waals surface area (Å²) in [5, 5.41) is 8.75. The van der Waals surface area contributed by atoms with Crippen LogP contribution in [0.4, 0.5) is 4.39 Å². The normalized spacial score (nSPS) is 16.8. The van der Waals surface area contributed by atoms with Crippen LogP contribution in [0.1, 0.15) is 39.5 Å². The zero-order chi connectivity index (χ0) is 7.98. The molecule has 62 valence electrons. The number of hydrogen-bond acceptors (Lipinski definition) is 1. The fourth-order valence-electron chi connectivity index (χ4n) is 0.831.